The minimum Gasteiger partial charge on any atom is -0.491 e. The van der Waals surface area contributed by atoms with Crippen molar-refractivity contribution in [1.29, 1.82) is 0 Å². The first-order valence-electron chi connectivity index (χ1n) is 48.2. The van der Waals surface area contributed by atoms with Gasteiger partial charge in [0.25, 0.3) is 0 Å². The molecule has 0 aromatic heterocycles. The first-order valence-corrected chi connectivity index (χ1v) is 48.2. The molecule has 0 radical (unpaired) electrons. The highest BCUT2D eigenvalue weighted by atomic mass is 19.2. The molecule has 0 N–H and O–H groups in total. The minimum absolute atomic E-state index is 0.0366. The predicted molar refractivity (Wildman–Crippen MR) is 463 cm³/mol. The molecular weight excluding hydrogens is 1470 g/mol. The molecule has 0 atom stereocenters. The summed E-state index contributed by atoms with van der Waals surface area (Å²) in [5.41, 5.74) is 4.81. The van der Waals surface area contributed by atoms with Gasteiger partial charge in [-0.1, -0.05) is 169 Å². The quantitative estimate of drug-likeness (QED) is 0.0360. The lowest BCUT2D eigenvalue weighted by Gasteiger charge is -2.38. The third-order valence-electron chi connectivity index (χ3n) is 30.3. The number of aryl methyl sites for hydroxylation is 4. The highest BCUT2D eigenvalue weighted by molar-refractivity contribution is 5.44. The van der Waals surface area contributed by atoms with Gasteiger partial charge in [0.15, 0.2) is 46.2 Å². The van der Waals surface area contributed by atoms with Crippen LogP contribution in [0.4, 0.5) is 35.1 Å². The van der Waals surface area contributed by atoms with Gasteiger partial charge < -0.3 is 23.7 Å². The summed E-state index contributed by atoms with van der Waals surface area (Å²) in [5, 5.41) is 0. The van der Waals surface area contributed by atoms with Gasteiger partial charge in [-0.2, -0.15) is 22.0 Å². The van der Waals surface area contributed by atoms with Crippen LogP contribution in [-0.2, 0) is 6.42 Å². The zero-order chi connectivity index (χ0) is 83.2. The van der Waals surface area contributed by atoms with Crippen LogP contribution in [0.2, 0.25) is 0 Å². The van der Waals surface area contributed by atoms with Crippen molar-refractivity contribution in [3.8, 4) is 28.7 Å². The molecule has 0 saturated heterocycles. The van der Waals surface area contributed by atoms with E-state index in [1.54, 1.807) is 52.8 Å². The molecule has 0 heterocycles. The maximum absolute atomic E-state index is 14.8. The summed E-state index contributed by atoms with van der Waals surface area (Å²) in [7, 11) is 0. The zero-order valence-electron chi connectivity index (χ0n) is 74.7. The van der Waals surface area contributed by atoms with Crippen molar-refractivity contribution < 1.29 is 58.8 Å². The van der Waals surface area contributed by atoms with Gasteiger partial charge >= 0.3 is 0 Å². The van der Waals surface area contributed by atoms with E-state index in [4.69, 9.17) is 23.7 Å². The fraction of sp³-hybridized carbons (Fsp3) is 0.767. The number of ether oxygens (including phenoxy) is 5. The summed E-state index contributed by atoms with van der Waals surface area (Å²) in [6, 6.07) is 6.55. The van der Waals surface area contributed by atoms with E-state index < -0.39 is 46.5 Å². The Hall–Kier alpha value is -4.68. The molecule has 0 amide bonds. The molecule has 8 aliphatic carbocycles. The van der Waals surface area contributed by atoms with Crippen LogP contribution in [0.3, 0.4) is 0 Å². The molecule has 0 aliphatic heterocycles. The molecule has 8 fully saturated rings. The second-order valence-electron chi connectivity index (χ2n) is 38.0. The molecule has 4 aromatic rings. The molecule has 0 spiro atoms. The fourth-order valence-corrected chi connectivity index (χ4v) is 23.5. The van der Waals surface area contributed by atoms with Crippen LogP contribution in [0.5, 0.6) is 28.7 Å². The van der Waals surface area contributed by atoms with E-state index in [9.17, 15) is 35.1 Å². The van der Waals surface area contributed by atoms with Crippen LogP contribution in [0.15, 0.2) is 24.3 Å². The molecule has 0 bridgehead atoms. The molecule has 5 nitrogen and oxygen atoms in total. The number of halogens is 8. The van der Waals surface area contributed by atoms with E-state index in [-0.39, 0.29) is 40.6 Å². The van der Waals surface area contributed by atoms with Gasteiger partial charge in [0, 0.05) is 0 Å². The lowest BCUT2D eigenvalue weighted by molar-refractivity contribution is 0.119. The Morgan fingerprint density at radius 2 is 0.517 bits per heavy atom. The minimum atomic E-state index is -0.948. The molecular formula is C103H158F8O5. The van der Waals surface area contributed by atoms with Crippen molar-refractivity contribution in [1.82, 2.24) is 0 Å². The lowest BCUT2D eigenvalue weighted by atomic mass is 9.67. The second kappa shape index (κ2) is 49.4. The first-order chi connectivity index (χ1) is 56.1. The summed E-state index contributed by atoms with van der Waals surface area (Å²) < 4.78 is 142. The Kier molecular flexibility index (Phi) is 40.5. The molecule has 656 valence electrons. The smallest absolute Gasteiger partial charge is 0.204 e. The van der Waals surface area contributed by atoms with Crippen LogP contribution in [0.25, 0.3) is 0 Å². The zero-order valence-corrected chi connectivity index (χ0v) is 74.7. The van der Waals surface area contributed by atoms with Crippen molar-refractivity contribution in [2.75, 3.05) is 33.0 Å². The maximum Gasteiger partial charge on any atom is 0.204 e. The average molecular weight is 1630 g/mol. The summed E-state index contributed by atoms with van der Waals surface area (Å²) >= 11 is 0. The third-order valence-corrected chi connectivity index (χ3v) is 30.3. The van der Waals surface area contributed by atoms with E-state index in [0.29, 0.717) is 73.5 Å². The number of benzene rings is 4. The van der Waals surface area contributed by atoms with Crippen molar-refractivity contribution in [2.45, 2.75) is 390 Å². The van der Waals surface area contributed by atoms with Gasteiger partial charge in [0.2, 0.25) is 29.1 Å². The Balaban J connectivity index is 0.000000177. The highest BCUT2D eigenvalue weighted by Gasteiger charge is 2.38. The Morgan fingerprint density at radius 3 is 0.828 bits per heavy atom. The van der Waals surface area contributed by atoms with Gasteiger partial charge in [-0.05, 0) is 367 Å². The molecule has 8 aliphatic rings. The average Bonchev–Trinajstić information content (AvgIpc) is 0.777. The van der Waals surface area contributed by atoms with Crippen molar-refractivity contribution in [3.05, 3.63) is 110 Å². The van der Waals surface area contributed by atoms with E-state index in [1.807, 2.05) is 20.8 Å². The summed E-state index contributed by atoms with van der Waals surface area (Å²) in [6.45, 7) is 25.5. The van der Waals surface area contributed by atoms with Crippen LogP contribution in [-0.4, -0.2) is 33.0 Å². The fourth-order valence-electron chi connectivity index (χ4n) is 23.5. The second-order valence-corrected chi connectivity index (χ2v) is 38.0. The molecule has 12 rings (SSSR count). The van der Waals surface area contributed by atoms with Crippen LogP contribution < -0.4 is 23.7 Å². The first kappa shape index (κ1) is 95.2. The van der Waals surface area contributed by atoms with Crippen LogP contribution in [0.1, 0.15) is 395 Å². The summed E-state index contributed by atoms with van der Waals surface area (Å²) in [5.74, 6) is 5.99. The molecule has 13 heteroatoms. The maximum atomic E-state index is 14.8. The molecule has 116 heavy (non-hydrogen) atoms. The standard InChI is InChI=1S/C27H42F2O2.2C26H40F2O.C24H36F2O/c1-4-6-7-8-20-9-13-22(14-10-20)23-15-11-21(12-16-23)18-31-27-19(3)17-24(30-5-2)25(28)26(27)29;1-4-6-19-7-12-21(13-8-19)22-14-9-20(10-15-22)11-16-23-18(3)17-24(29-5-2)26(28)25(23)27;1-4-6-7-8-19-9-11-20(12-10-19)21-13-15-22(16-14-21)24-18(3)17-23(29-5-2)25(27)26(24)28;1-4-6-17-7-9-18(10-8-17)19-11-13-20(14-12-19)22-16(3)15-21(27-5-2)23(25)24(22)26/h17,20-23H,4-16,18H2,1-3H3;2*17,19-22H,4-16H2,1-3H3;15,17-20H,4-14H2,1-3H3. The van der Waals surface area contributed by atoms with Crippen molar-refractivity contribution in [3.63, 3.8) is 0 Å². The van der Waals surface area contributed by atoms with Crippen LogP contribution in [0, 0.1) is 157 Å². The van der Waals surface area contributed by atoms with Gasteiger partial charge in [-0.3, -0.25) is 0 Å². The van der Waals surface area contributed by atoms with E-state index in [2.05, 4.69) is 27.7 Å². The van der Waals surface area contributed by atoms with Gasteiger partial charge in [0.05, 0.1) is 33.0 Å². The number of unbranched alkanes of at least 4 members (excludes halogenated alkanes) is 4. The van der Waals surface area contributed by atoms with Crippen molar-refractivity contribution >= 4 is 0 Å². The third kappa shape index (κ3) is 27.2. The number of hydrogen-bond acceptors (Lipinski definition) is 5. The Morgan fingerprint density at radius 1 is 0.250 bits per heavy atom. The number of rotatable bonds is 32. The largest absolute Gasteiger partial charge is 0.491 e. The Labute approximate surface area is 699 Å². The highest BCUT2D eigenvalue weighted by Crippen LogP contribution is 2.51. The van der Waals surface area contributed by atoms with Crippen LogP contribution >= 0.6 is 0 Å². The SMILES string of the molecule is CCCC1CCC(C2CCC(CCc3c(C)cc(OCC)c(F)c3F)CC2)CC1.CCCC1CCC(C2CCC(c3c(C)cc(OCC)c(F)c3F)CC2)CC1.CCCCCC1CCC(C2CCC(COc3c(C)cc(OCC)c(F)c3F)CC2)CC1.CCCCCC1CCC(C2CCC(c3c(C)cc(OCC)c(F)c3F)CC2)CC1. The van der Waals surface area contributed by atoms with Gasteiger partial charge in [-0.15, -0.1) is 0 Å². The summed E-state index contributed by atoms with van der Waals surface area (Å²) in [6.07, 6.45) is 59.4. The molecule has 8 saturated carbocycles. The topological polar surface area (TPSA) is 46.2 Å². The van der Waals surface area contributed by atoms with Gasteiger partial charge in [0.1, 0.15) is 0 Å². The van der Waals surface area contributed by atoms with E-state index >= 15 is 0 Å². The van der Waals surface area contributed by atoms with Crippen molar-refractivity contribution in [2.24, 2.45) is 82.9 Å². The van der Waals surface area contributed by atoms with E-state index in [1.165, 1.54) is 250 Å². The van der Waals surface area contributed by atoms with Gasteiger partial charge in [-0.25, -0.2) is 13.2 Å². The summed E-state index contributed by atoms with van der Waals surface area (Å²) in [4.78, 5) is 0. The van der Waals surface area contributed by atoms with E-state index in [0.717, 1.165) is 133 Å². The monoisotopic (exact) mass is 1630 g/mol. The molecule has 0 unspecified atom stereocenters. The normalized spacial score (nSPS) is 27.7. The Bertz CT molecular complexity index is 3470. The molecule has 4 aromatic carbocycles. The predicted octanol–water partition coefficient (Wildman–Crippen LogP) is 32.1. The number of hydrogen-bond donors (Lipinski definition) is 0. The lowest BCUT2D eigenvalue weighted by Crippen LogP contribution is -2.27.